The number of rotatable bonds is 14. The van der Waals surface area contributed by atoms with Crippen molar-refractivity contribution in [2.45, 2.75) is 44.9 Å². The van der Waals surface area contributed by atoms with Gasteiger partial charge in [-0.2, -0.15) is 0 Å². The summed E-state index contributed by atoms with van der Waals surface area (Å²) in [5.41, 5.74) is 2.03. The van der Waals surface area contributed by atoms with E-state index in [1.807, 2.05) is 54.6 Å². The number of ether oxygens (including phenoxy) is 1. The van der Waals surface area contributed by atoms with Crippen molar-refractivity contribution in [1.29, 1.82) is 0 Å². The van der Waals surface area contributed by atoms with Crippen molar-refractivity contribution in [3.05, 3.63) is 78.4 Å². The molecule has 0 aliphatic heterocycles. The van der Waals surface area contributed by atoms with Gasteiger partial charge in [0.15, 0.2) is 0 Å². The number of hydrogen-bond donors (Lipinski definition) is 4. The number of amides is 2. The van der Waals surface area contributed by atoms with E-state index in [0.29, 0.717) is 19.4 Å². The molecule has 2 rings (SSSR count). The van der Waals surface area contributed by atoms with Crippen LogP contribution < -0.4 is 15.4 Å². The van der Waals surface area contributed by atoms with Gasteiger partial charge in [0.25, 0.3) is 0 Å². The van der Waals surface area contributed by atoms with Crippen LogP contribution in [0.15, 0.2) is 67.3 Å². The van der Waals surface area contributed by atoms with Gasteiger partial charge in [-0.3, -0.25) is 9.59 Å². The lowest BCUT2D eigenvalue weighted by atomic mass is 9.98. The maximum Gasteiger partial charge on any atom is 0.224 e. The summed E-state index contributed by atoms with van der Waals surface area (Å²) in [7, 11) is 0. The van der Waals surface area contributed by atoms with Crippen molar-refractivity contribution < 1.29 is 24.5 Å². The maximum absolute atomic E-state index is 12.5. The van der Waals surface area contributed by atoms with Crippen LogP contribution in [0, 0.1) is 5.92 Å². The fourth-order valence-electron chi connectivity index (χ4n) is 3.31. The molecule has 2 amide bonds. The summed E-state index contributed by atoms with van der Waals surface area (Å²) in [6.45, 7) is 5.41. The molecule has 4 N–H and O–H groups in total. The Kier molecular flexibility index (Phi) is 11.1. The molecule has 0 saturated heterocycles. The molecule has 0 heterocycles. The smallest absolute Gasteiger partial charge is 0.224 e. The Morgan fingerprint density at radius 3 is 2.30 bits per heavy atom. The second-order valence-corrected chi connectivity index (χ2v) is 8.09. The van der Waals surface area contributed by atoms with Gasteiger partial charge in [-0.15, -0.1) is 6.58 Å². The summed E-state index contributed by atoms with van der Waals surface area (Å²) in [4.78, 5) is 24.9. The molecular formula is C26H34N2O5. The molecule has 0 aromatic heterocycles. The Labute approximate surface area is 195 Å². The molecule has 3 atom stereocenters. The van der Waals surface area contributed by atoms with E-state index in [1.165, 1.54) is 0 Å². The summed E-state index contributed by atoms with van der Waals surface area (Å²) in [5, 5.41) is 24.3. The van der Waals surface area contributed by atoms with Crippen LogP contribution in [0.3, 0.4) is 0 Å². The third-order valence-corrected chi connectivity index (χ3v) is 5.16. The van der Waals surface area contributed by atoms with Gasteiger partial charge in [-0.1, -0.05) is 48.5 Å². The number of carbonyl (C=O) groups is 2. The fourth-order valence-corrected chi connectivity index (χ4v) is 3.31. The summed E-state index contributed by atoms with van der Waals surface area (Å²) < 4.78 is 5.79. The predicted molar refractivity (Wildman–Crippen MR) is 128 cm³/mol. The second kappa shape index (κ2) is 14.1. The van der Waals surface area contributed by atoms with Crippen molar-refractivity contribution >= 4 is 11.8 Å². The number of hydrogen-bond acceptors (Lipinski definition) is 5. The third kappa shape index (κ3) is 9.47. The first-order valence-corrected chi connectivity index (χ1v) is 11.1. The lowest BCUT2D eigenvalue weighted by Gasteiger charge is -2.20. The van der Waals surface area contributed by atoms with Crippen LogP contribution in [0.2, 0.25) is 0 Å². The summed E-state index contributed by atoms with van der Waals surface area (Å²) in [5.74, 6) is -0.479. The summed E-state index contributed by atoms with van der Waals surface area (Å²) >= 11 is 0. The van der Waals surface area contributed by atoms with Crippen LogP contribution >= 0.6 is 0 Å². The zero-order chi connectivity index (χ0) is 24.1. The Bertz CT molecular complexity index is 870. The van der Waals surface area contributed by atoms with E-state index in [2.05, 4.69) is 17.2 Å². The Balaban J connectivity index is 1.86. The minimum absolute atomic E-state index is 0.0290. The van der Waals surface area contributed by atoms with Gasteiger partial charge in [0, 0.05) is 12.5 Å². The third-order valence-electron chi connectivity index (χ3n) is 5.16. The average Bonchev–Trinajstić information content (AvgIpc) is 2.83. The molecule has 0 aliphatic rings. The van der Waals surface area contributed by atoms with Crippen LogP contribution in [-0.4, -0.2) is 47.3 Å². The Hall–Kier alpha value is -3.16. The van der Waals surface area contributed by atoms with Crippen LogP contribution in [0.1, 0.15) is 30.9 Å². The van der Waals surface area contributed by atoms with Gasteiger partial charge >= 0.3 is 0 Å². The molecule has 0 bridgehead atoms. The molecule has 7 nitrogen and oxygen atoms in total. The van der Waals surface area contributed by atoms with Gasteiger partial charge in [0.05, 0.1) is 25.2 Å². The van der Waals surface area contributed by atoms with Crippen LogP contribution in [0.5, 0.6) is 5.75 Å². The summed E-state index contributed by atoms with van der Waals surface area (Å²) in [6, 6.07) is 16.6. The monoisotopic (exact) mass is 454 g/mol. The number of aliphatic hydroxyl groups is 2. The molecule has 2 aromatic carbocycles. The molecule has 7 heteroatoms. The highest BCUT2D eigenvalue weighted by Crippen LogP contribution is 2.16. The second-order valence-electron chi connectivity index (χ2n) is 8.09. The average molecular weight is 455 g/mol. The van der Waals surface area contributed by atoms with Crippen molar-refractivity contribution in [3.8, 4) is 5.75 Å². The molecule has 0 fully saturated rings. The molecular weight excluding hydrogens is 420 g/mol. The highest BCUT2D eigenvalue weighted by molar-refractivity contribution is 5.86. The lowest BCUT2D eigenvalue weighted by Crippen LogP contribution is -2.43. The molecule has 0 unspecified atom stereocenters. The highest BCUT2D eigenvalue weighted by Gasteiger charge is 2.23. The number of nitrogens with one attached hydrogen (secondary N) is 2. The van der Waals surface area contributed by atoms with E-state index in [1.54, 1.807) is 13.0 Å². The lowest BCUT2D eigenvalue weighted by molar-refractivity contribution is -0.131. The standard InChI is InChI=1S/C26H34N2O5/c1-3-7-22(26(32)27-19(2)16-29)15-25(31)28-23(17-30)14-20-10-12-24(13-11-20)33-18-21-8-5-4-6-9-21/h3-6,8-13,19,22-23,29-30H,1,7,14-18H2,2H3,(H,27,32)(H,28,31)/t19-,22+,23-/m0/s1. The van der Waals surface area contributed by atoms with E-state index >= 15 is 0 Å². The first-order chi connectivity index (χ1) is 15.9. The van der Waals surface area contributed by atoms with Gasteiger partial charge < -0.3 is 25.6 Å². The molecule has 0 saturated carbocycles. The quantitative estimate of drug-likeness (QED) is 0.328. The molecule has 2 aromatic rings. The minimum Gasteiger partial charge on any atom is -0.489 e. The molecule has 33 heavy (non-hydrogen) atoms. The minimum atomic E-state index is -0.586. The number of benzene rings is 2. The first kappa shape index (κ1) is 26.1. The van der Waals surface area contributed by atoms with E-state index in [-0.39, 0.29) is 31.4 Å². The molecule has 0 aliphatic carbocycles. The maximum atomic E-state index is 12.5. The van der Waals surface area contributed by atoms with Crippen molar-refractivity contribution in [2.75, 3.05) is 13.2 Å². The molecule has 0 spiro atoms. The Morgan fingerprint density at radius 1 is 1.00 bits per heavy atom. The molecule has 178 valence electrons. The zero-order valence-corrected chi connectivity index (χ0v) is 19.1. The highest BCUT2D eigenvalue weighted by atomic mass is 16.5. The van der Waals surface area contributed by atoms with Gasteiger partial charge in [-0.05, 0) is 43.0 Å². The van der Waals surface area contributed by atoms with Crippen molar-refractivity contribution in [3.63, 3.8) is 0 Å². The molecule has 0 radical (unpaired) electrons. The first-order valence-electron chi connectivity index (χ1n) is 11.1. The van der Waals surface area contributed by atoms with Crippen LogP contribution in [0.25, 0.3) is 0 Å². The van der Waals surface area contributed by atoms with Crippen molar-refractivity contribution in [2.24, 2.45) is 5.92 Å². The number of allylic oxidation sites excluding steroid dienone is 1. The van der Waals surface area contributed by atoms with E-state index in [9.17, 15) is 14.7 Å². The van der Waals surface area contributed by atoms with Gasteiger partial charge in [0.2, 0.25) is 11.8 Å². The normalized spacial score (nSPS) is 13.4. The zero-order valence-electron chi connectivity index (χ0n) is 19.1. The fraction of sp³-hybridized carbons (Fsp3) is 0.385. The largest absolute Gasteiger partial charge is 0.489 e. The number of carbonyl (C=O) groups excluding carboxylic acids is 2. The van der Waals surface area contributed by atoms with E-state index < -0.39 is 18.0 Å². The Morgan fingerprint density at radius 2 is 1.70 bits per heavy atom. The predicted octanol–water partition coefficient (Wildman–Crippen LogP) is 2.36. The SMILES string of the molecule is C=CC[C@H](CC(=O)N[C@H](CO)Cc1ccc(OCc2ccccc2)cc1)C(=O)N[C@@H](C)CO. The van der Waals surface area contributed by atoms with E-state index in [0.717, 1.165) is 16.9 Å². The van der Waals surface area contributed by atoms with Crippen LogP contribution in [0.4, 0.5) is 0 Å². The van der Waals surface area contributed by atoms with Crippen LogP contribution in [-0.2, 0) is 22.6 Å². The van der Waals surface area contributed by atoms with Crippen molar-refractivity contribution in [1.82, 2.24) is 10.6 Å². The number of aliphatic hydroxyl groups excluding tert-OH is 2. The van der Waals surface area contributed by atoms with Gasteiger partial charge in [-0.25, -0.2) is 0 Å². The summed E-state index contributed by atoms with van der Waals surface area (Å²) in [6.07, 6.45) is 2.34. The van der Waals surface area contributed by atoms with E-state index in [4.69, 9.17) is 9.84 Å². The topological polar surface area (TPSA) is 108 Å². The van der Waals surface area contributed by atoms with Gasteiger partial charge in [0.1, 0.15) is 12.4 Å².